The molecular formula is C27H56N2. The van der Waals surface area contributed by atoms with Crippen LogP contribution in [0.4, 0.5) is 0 Å². The highest BCUT2D eigenvalue weighted by Crippen LogP contribution is 2.13. The Morgan fingerprint density at radius 1 is 0.552 bits per heavy atom. The first-order valence-electron chi connectivity index (χ1n) is 13.4. The fraction of sp³-hybridized carbons (Fsp3) is 0.926. The van der Waals surface area contributed by atoms with E-state index in [1.165, 1.54) is 128 Å². The standard InChI is InChI=1S/C27H56N2/c1-5-8-9-10-11-12-13-14-15-16-17-18-19-20-21-23-28-27(4)22-26-29(24-6-2)25-7-3/h28H,4-26H2,1-3H3. The van der Waals surface area contributed by atoms with Crippen LogP contribution in [0.15, 0.2) is 12.3 Å². The third-order valence-corrected chi connectivity index (χ3v) is 5.96. The monoisotopic (exact) mass is 408 g/mol. The third kappa shape index (κ3) is 22.0. The minimum absolute atomic E-state index is 1.10. The van der Waals surface area contributed by atoms with Gasteiger partial charge in [-0.15, -0.1) is 0 Å². The lowest BCUT2D eigenvalue weighted by atomic mass is 10.0. The second-order valence-corrected chi connectivity index (χ2v) is 9.07. The molecule has 2 nitrogen and oxygen atoms in total. The summed E-state index contributed by atoms with van der Waals surface area (Å²) in [6.07, 6.45) is 25.1. The summed E-state index contributed by atoms with van der Waals surface area (Å²) in [7, 11) is 0. The van der Waals surface area contributed by atoms with Gasteiger partial charge in [-0.1, -0.05) is 117 Å². The molecule has 0 aromatic carbocycles. The predicted octanol–water partition coefficient (Wildman–Crippen LogP) is 8.47. The van der Waals surface area contributed by atoms with E-state index >= 15 is 0 Å². The number of nitrogens with zero attached hydrogens (tertiary/aromatic N) is 1. The molecule has 0 aromatic rings. The van der Waals surface area contributed by atoms with Crippen molar-refractivity contribution in [2.24, 2.45) is 0 Å². The van der Waals surface area contributed by atoms with Gasteiger partial charge < -0.3 is 10.2 Å². The Hall–Kier alpha value is -0.500. The number of rotatable bonds is 24. The van der Waals surface area contributed by atoms with Gasteiger partial charge in [0, 0.05) is 18.8 Å². The lowest BCUT2D eigenvalue weighted by Crippen LogP contribution is -2.28. The molecule has 0 amide bonds. The zero-order chi connectivity index (χ0) is 21.4. The van der Waals surface area contributed by atoms with Crippen LogP contribution in [0.1, 0.15) is 136 Å². The van der Waals surface area contributed by atoms with Gasteiger partial charge in [0.25, 0.3) is 0 Å². The maximum atomic E-state index is 4.22. The first-order chi connectivity index (χ1) is 14.2. The lowest BCUT2D eigenvalue weighted by Gasteiger charge is -2.21. The second-order valence-electron chi connectivity index (χ2n) is 9.07. The molecular weight excluding hydrogens is 352 g/mol. The van der Waals surface area contributed by atoms with Gasteiger partial charge >= 0.3 is 0 Å². The van der Waals surface area contributed by atoms with Crippen molar-refractivity contribution < 1.29 is 0 Å². The molecule has 0 aromatic heterocycles. The molecule has 0 aliphatic carbocycles. The average Bonchev–Trinajstić information content (AvgIpc) is 2.72. The fourth-order valence-electron chi connectivity index (χ4n) is 4.11. The van der Waals surface area contributed by atoms with E-state index < -0.39 is 0 Å². The molecule has 1 N–H and O–H groups in total. The molecule has 0 aliphatic heterocycles. The van der Waals surface area contributed by atoms with Crippen molar-refractivity contribution in [1.82, 2.24) is 10.2 Å². The summed E-state index contributed by atoms with van der Waals surface area (Å²) in [6.45, 7) is 15.8. The van der Waals surface area contributed by atoms with Gasteiger partial charge in [0.05, 0.1) is 0 Å². The maximum Gasteiger partial charge on any atom is 0.0143 e. The molecule has 0 aliphatic rings. The summed E-state index contributed by atoms with van der Waals surface area (Å²) >= 11 is 0. The minimum atomic E-state index is 1.10. The van der Waals surface area contributed by atoms with Crippen LogP contribution in [0.25, 0.3) is 0 Å². The largest absolute Gasteiger partial charge is 0.389 e. The van der Waals surface area contributed by atoms with E-state index in [0.29, 0.717) is 0 Å². The Morgan fingerprint density at radius 3 is 1.38 bits per heavy atom. The van der Waals surface area contributed by atoms with Crippen molar-refractivity contribution >= 4 is 0 Å². The van der Waals surface area contributed by atoms with Crippen LogP contribution in [-0.2, 0) is 0 Å². The van der Waals surface area contributed by atoms with Crippen LogP contribution in [0.5, 0.6) is 0 Å². The van der Waals surface area contributed by atoms with Crippen molar-refractivity contribution in [2.45, 2.75) is 136 Å². The van der Waals surface area contributed by atoms with Gasteiger partial charge in [0.2, 0.25) is 0 Å². The molecule has 0 atom stereocenters. The normalized spacial score (nSPS) is 11.3. The molecule has 0 saturated heterocycles. The fourth-order valence-corrected chi connectivity index (χ4v) is 4.11. The molecule has 0 heterocycles. The van der Waals surface area contributed by atoms with Crippen LogP contribution in [0, 0.1) is 0 Å². The summed E-state index contributed by atoms with van der Waals surface area (Å²) in [5, 5.41) is 3.55. The molecule has 0 unspecified atom stereocenters. The van der Waals surface area contributed by atoms with Crippen molar-refractivity contribution in [1.29, 1.82) is 0 Å². The van der Waals surface area contributed by atoms with Crippen LogP contribution in [0.2, 0.25) is 0 Å². The summed E-state index contributed by atoms with van der Waals surface area (Å²) < 4.78 is 0. The molecule has 2 heteroatoms. The summed E-state index contributed by atoms with van der Waals surface area (Å²) in [6, 6.07) is 0. The number of hydrogen-bond donors (Lipinski definition) is 1. The molecule has 0 spiro atoms. The highest BCUT2D eigenvalue weighted by molar-refractivity contribution is 4.91. The van der Waals surface area contributed by atoms with E-state index in [0.717, 1.165) is 19.5 Å². The van der Waals surface area contributed by atoms with Crippen LogP contribution in [-0.4, -0.2) is 31.1 Å². The van der Waals surface area contributed by atoms with E-state index in [1.807, 2.05) is 0 Å². The molecule has 0 rings (SSSR count). The molecule has 29 heavy (non-hydrogen) atoms. The Labute approximate surface area is 185 Å². The van der Waals surface area contributed by atoms with Crippen molar-refractivity contribution in [3.8, 4) is 0 Å². The first-order valence-corrected chi connectivity index (χ1v) is 13.4. The van der Waals surface area contributed by atoms with Gasteiger partial charge in [-0.25, -0.2) is 0 Å². The van der Waals surface area contributed by atoms with Crippen LogP contribution >= 0.6 is 0 Å². The SMILES string of the molecule is C=C(CCN(CCC)CCC)NCCCCCCCCCCCCCCCCC. The predicted molar refractivity (Wildman–Crippen MR) is 134 cm³/mol. The summed E-state index contributed by atoms with van der Waals surface area (Å²) in [5.74, 6) is 0. The molecule has 174 valence electrons. The number of unbranched alkanes of at least 4 members (excludes halogenated alkanes) is 14. The van der Waals surface area contributed by atoms with Crippen LogP contribution < -0.4 is 5.32 Å². The van der Waals surface area contributed by atoms with Crippen LogP contribution in [0.3, 0.4) is 0 Å². The van der Waals surface area contributed by atoms with Gasteiger partial charge in [-0.05, 0) is 38.8 Å². The lowest BCUT2D eigenvalue weighted by molar-refractivity contribution is 0.276. The highest BCUT2D eigenvalue weighted by Gasteiger charge is 2.03. The maximum absolute atomic E-state index is 4.22. The topological polar surface area (TPSA) is 15.3 Å². The van der Waals surface area contributed by atoms with Gasteiger partial charge in [-0.3, -0.25) is 0 Å². The van der Waals surface area contributed by atoms with Gasteiger partial charge in [0.15, 0.2) is 0 Å². The van der Waals surface area contributed by atoms with E-state index in [4.69, 9.17) is 0 Å². The Kier molecular flexibility index (Phi) is 23.4. The minimum Gasteiger partial charge on any atom is -0.389 e. The quantitative estimate of drug-likeness (QED) is 0.161. The third-order valence-electron chi connectivity index (χ3n) is 5.96. The van der Waals surface area contributed by atoms with Crippen molar-refractivity contribution in [3.05, 3.63) is 12.3 Å². The molecule has 0 fully saturated rings. The Morgan fingerprint density at radius 2 is 0.966 bits per heavy atom. The number of nitrogens with one attached hydrogen (secondary N) is 1. The first kappa shape index (κ1) is 28.5. The zero-order valence-corrected chi connectivity index (χ0v) is 20.7. The van der Waals surface area contributed by atoms with Crippen molar-refractivity contribution in [3.63, 3.8) is 0 Å². The van der Waals surface area contributed by atoms with Crippen molar-refractivity contribution in [2.75, 3.05) is 26.2 Å². The van der Waals surface area contributed by atoms with E-state index in [1.54, 1.807) is 0 Å². The van der Waals surface area contributed by atoms with Gasteiger partial charge in [0.1, 0.15) is 0 Å². The van der Waals surface area contributed by atoms with E-state index in [9.17, 15) is 0 Å². The van der Waals surface area contributed by atoms with Gasteiger partial charge in [-0.2, -0.15) is 0 Å². The van der Waals surface area contributed by atoms with E-state index in [2.05, 4.69) is 37.6 Å². The smallest absolute Gasteiger partial charge is 0.0143 e. The Bertz CT molecular complexity index is 320. The number of hydrogen-bond acceptors (Lipinski definition) is 2. The summed E-state index contributed by atoms with van der Waals surface area (Å²) in [5.41, 5.74) is 1.23. The summed E-state index contributed by atoms with van der Waals surface area (Å²) in [4.78, 5) is 2.57. The Balaban J connectivity index is 3.27. The average molecular weight is 409 g/mol. The van der Waals surface area contributed by atoms with E-state index in [-0.39, 0.29) is 0 Å². The molecule has 0 bridgehead atoms. The highest BCUT2D eigenvalue weighted by atomic mass is 15.1. The molecule has 0 saturated carbocycles. The second kappa shape index (κ2) is 23.8. The molecule has 0 radical (unpaired) electrons. The zero-order valence-electron chi connectivity index (χ0n) is 20.7.